The van der Waals surface area contributed by atoms with Gasteiger partial charge in [0.05, 0.1) is 71.5 Å². The predicted octanol–water partition coefficient (Wildman–Crippen LogP) is 2.72. The number of amides is 3. The molecule has 2 saturated heterocycles. The van der Waals surface area contributed by atoms with Crippen LogP contribution in [0, 0.1) is 5.92 Å². The summed E-state index contributed by atoms with van der Waals surface area (Å²) in [5.41, 5.74) is 0. The van der Waals surface area contributed by atoms with Gasteiger partial charge in [-0.15, -0.1) is 0 Å². The van der Waals surface area contributed by atoms with E-state index < -0.39 is 0 Å². The van der Waals surface area contributed by atoms with Crippen LogP contribution in [0.25, 0.3) is 0 Å². The first-order valence-electron chi connectivity index (χ1n) is 16.3. The Morgan fingerprint density at radius 3 is 2.18 bits per heavy atom. The number of urea groups is 1. The second kappa shape index (κ2) is 28.5. The van der Waals surface area contributed by atoms with Crippen molar-refractivity contribution in [1.82, 2.24) is 16.0 Å². The Morgan fingerprint density at radius 2 is 1.49 bits per heavy atom. The molecule has 0 bridgehead atoms. The summed E-state index contributed by atoms with van der Waals surface area (Å²) in [5.74, 6) is 3.18. The number of rotatable bonds is 32. The van der Waals surface area contributed by atoms with Crippen LogP contribution in [0.15, 0.2) is 0 Å². The van der Waals surface area contributed by atoms with E-state index in [1.807, 2.05) is 33.3 Å². The summed E-state index contributed by atoms with van der Waals surface area (Å²) in [7, 11) is 5.47. The standard InChI is InChI=1S/C30H57N3O9S3/c1-37-10-5-19-44-45-20-6-12-41-22-25(21-34)23-42-18-17-40-16-15-39-14-13-38-11-4-9-31-28(35)8-3-2-7-27-29-26(24-43-27)32-30(36)33-29/h25-27,29,34H,2-24H2,1H3,(H,31,35)(H2,32,33,36). The topological polar surface area (TPSA) is 146 Å². The van der Waals surface area contributed by atoms with Crippen molar-refractivity contribution in [2.45, 2.75) is 62.3 Å². The molecule has 0 saturated carbocycles. The molecule has 0 aromatic rings. The first-order valence-corrected chi connectivity index (χ1v) is 19.9. The lowest BCUT2D eigenvalue weighted by molar-refractivity contribution is -0.121. The number of methoxy groups -OCH3 is 1. The molecule has 12 nitrogen and oxygen atoms in total. The van der Waals surface area contributed by atoms with Crippen molar-refractivity contribution in [2.24, 2.45) is 5.92 Å². The Labute approximate surface area is 282 Å². The van der Waals surface area contributed by atoms with E-state index in [4.69, 9.17) is 28.4 Å². The number of hydrogen-bond donors (Lipinski definition) is 4. The fraction of sp³-hybridized carbons (Fsp3) is 0.933. The third-order valence-electron chi connectivity index (χ3n) is 7.13. The second-order valence-electron chi connectivity index (χ2n) is 11.0. The van der Waals surface area contributed by atoms with Crippen LogP contribution in [0.5, 0.6) is 0 Å². The Bertz CT molecular complexity index is 748. The molecule has 0 radical (unpaired) electrons. The fourth-order valence-corrected chi connectivity index (χ4v) is 8.34. The van der Waals surface area contributed by atoms with Gasteiger partial charge in [0.2, 0.25) is 5.91 Å². The van der Waals surface area contributed by atoms with E-state index in [1.165, 1.54) is 0 Å². The number of fused-ring (bicyclic) bond motifs is 1. The quantitative estimate of drug-likeness (QED) is 0.0466. The highest BCUT2D eigenvalue weighted by Gasteiger charge is 2.42. The summed E-state index contributed by atoms with van der Waals surface area (Å²) < 4.78 is 32.9. The van der Waals surface area contributed by atoms with Gasteiger partial charge in [-0.25, -0.2) is 4.79 Å². The van der Waals surface area contributed by atoms with E-state index in [-0.39, 0.29) is 36.5 Å². The van der Waals surface area contributed by atoms with Crippen molar-refractivity contribution in [3.8, 4) is 0 Å². The van der Waals surface area contributed by atoms with E-state index in [1.54, 1.807) is 7.11 Å². The average molecular weight is 700 g/mol. The molecule has 0 spiro atoms. The summed E-state index contributed by atoms with van der Waals surface area (Å²) in [6, 6.07) is 0.431. The molecule has 4 unspecified atom stereocenters. The summed E-state index contributed by atoms with van der Waals surface area (Å²) in [6.07, 6.45) is 6.25. The summed E-state index contributed by atoms with van der Waals surface area (Å²) in [4.78, 5) is 23.5. The van der Waals surface area contributed by atoms with Gasteiger partial charge in [0, 0.05) is 68.3 Å². The Hall–Kier alpha value is -0.490. The van der Waals surface area contributed by atoms with Gasteiger partial charge in [-0.1, -0.05) is 28.0 Å². The highest BCUT2D eigenvalue weighted by Crippen LogP contribution is 2.33. The van der Waals surface area contributed by atoms with Gasteiger partial charge in [-0.2, -0.15) is 11.8 Å². The van der Waals surface area contributed by atoms with E-state index >= 15 is 0 Å². The molecular weight excluding hydrogens is 643 g/mol. The first-order chi connectivity index (χ1) is 22.1. The van der Waals surface area contributed by atoms with Gasteiger partial charge < -0.3 is 49.5 Å². The van der Waals surface area contributed by atoms with Gasteiger partial charge in [0.1, 0.15) is 0 Å². The number of carbonyl (C=O) groups excluding carboxylic acids is 2. The molecule has 2 aliphatic rings. The summed E-state index contributed by atoms with van der Waals surface area (Å²) in [6.45, 7) is 6.59. The van der Waals surface area contributed by atoms with Crippen LogP contribution in [-0.2, 0) is 33.2 Å². The Morgan fingerprint density at radius 1 is 0.867 bits per heavy atom. The molecule has 264 valence electrons. The molecule has 2 heterocycles. The fourth-order valence-electron chi connectivity index (χ4n) is 4.68. The van der Waals surface area contributed by atoms with Crippen LogP contribution in [0.1, 0.15) is 44.9 Å². The largest absolute Gasteiger partial charge is 0.396 e. The zero-order valence-corrected chi connectivity index (χ0v) is 29.5. The highest BCUT2D eigenvalue weighted by atomic mass is 33.1. The lowest BCUT2D eigenvalue weighted by Crippen LogP contribution is -2.36. The maximum absolute atomic E-state index is 12.0. The predicted molar refractivity (Wildman–Crippen MR) is 182 cm³/mol. The van der Waals surface area contributed by atoms with Crippen LogP contribution in [0.2, 0.25) is 0 Å². The van der Waals surface area contributed by atoms with Gasteiger partial charge in [0.25, 0.3) is 0 Å². The number of unbranched alkanes of at least 4 members (excludes halogenated alkanes) is 1. The van der Waals surface area contributed by atoms with Crippen molar-refractivity contribution in [1.29, 1.82) is 0 Å². The van der Waals surface area contributed by atoms with Crippen molar-refractivity contribution >= 4 is 45.3 Å². The molecule has 0 aromatic carbocycles. The third-order valence-corrected chi connectivity index (χ3v) is 11.2. The number of carbonyl (C=O) groups is 2. The van der Waals surface area contributed by atoms with E-state index in [0.29, 0.717) is 84.3 Å². The van der Waals surface area contributed by atoms with Gasteiger partial charge in [0.15, 0.2) is 0 Å². The zero-order valence-electron chi connectivity index (χ0n) is 27.0. The zero-order chi connectivity index (χ0) is 32.2. The van der Waals surface area contributed by atoms with Crippen LogP contribution in [0.3, 0.4) is 0 Å². The van der Waals surface area contributed by atoms with Gasteiger partial charge in [-0.3, -0.25) is 4.79 Å². The maximum Gasteiger partial charge on any atom is 0.315 e. The molecule has 3 amide bonds. The Kier molecular flexibility index (Phi) is 25.8. The lowest BCUT2D eigenvalue weighted by Gasteiger charge is -2.16. The molecule has 0 aliphatic carbocycles. The molecule has 45 heavy (non-hydrogen) atoms. The second-order valence-corrected chi connectivity index (χ2v) is 14.9. The van der Waals surface area contributed by atoms with Crippen LogP contribution in [-0.4, -0.2) is 145 Å². The lowest BCUT2D eigenvalue weighted by atomic mass is 10.0. The normalized spacial score (nSPS) is 19.8. The number of nitrogens with one attached hydrogen (secondary N) is 3. The minimum atomic E-state index is -0.0543. The number of thioether (sulfide) groups is 1. The minimum absolute atomic E-state index is 0.0252. The average Bonchev–Trinajstić information content (AvgIpc) is 3.60. The molecule has 2 rings (SSSR count). The summed E-state index contributed by atoms with van der Waals surface area (Å²) >= 11 is 1.91. The number of hydrogen-bond acceptors (Lipinski definition) is 12. The molecule has 4 N–H and O–H groups in total. The van der Waals surface area contributed by atoms with Crippen molar-refractivity contribution in [2.75, 3.05) is 110 Å². The maximum atomic E-state index is 12.0. The van der Waals surface area contributed by atoms with Crippen LogP contribution < -0.4 is 16.0 Å². The Balaban J connectivity index is 1.24. The van der Waals surface area contributed by atoms with E-state index in [0.717, 1.165) is 62.4 Å². The molecule has 2 aliphatic heterocycles. The molecule has 15 heteroatoms. The number of aliphatic hydroxyl groups is 1. The van der Waals surface area contributed by atoms with E-state index in [9.17, 15) is 14.7 Å². The monoisotopic (exact) mass is 699 g/mol. The highest BCUT2D eigenvalue weighted by molar-refractivity contribution is 8.76. The molecule has 0 aromatic heterocycles. The van der Waals surface area contributed by atoms with Crippen molar-refractivity contribution < 1.29 is 43.1 Å². The number of aliphatic hydroxyl groups excluding tert-OH is 1. The SMILES string of the molecule is COCCCSSCCCOCC(CO)COCCOCCOCCOCCCNC(=O)CCCCC1SCC2NC(=O)NC21. The molecule has 2 fully saturated rings. The molecular formula is C30H57N3O9S3. The summed E-state index contributed by atoms with van der Waals surface area (Å²) in [5, 5.41) is 18.9. The first kappa shape index (κ1) is 40.7. The van der Waals surface area contributed by atoms with Crippen LogP contribution in [0.4, 0.5) is 4.79 Å². The molecule has 4 atom stereocenters. The smallest absolute Gasteiger partial charge is 0.315 e. The van der Waals surface area contributed by atoms with Crippen molar-refractivity contribution in [3.63, 3.8) is 0 Å². The third kappa shape index (κ3) is 21.2. The van der Waals surface area contributed by atoms with Crippen LogP contribution >= 0.6 is 33.3 Å². The number of ether oxygens (including phenoxy) is 6. The van der Waals surface area contributed by atoms with Gasteiger partial charge >= 0.3 is 6.03 Å². The minimum Gasteiger partial charge on any atom is -0.396 e. The van der Waals surface area contributed by atoms with Gasteiger partial charge in [-0.05, 0) is 32.1 Å². The van der Waals surface area contributed by atoms with Crippen molar-refractivity contribution in [3.05, 3.63) is 0 Å². The van der Waals surface area contributed by atoms with E-state index in [2.05, 4.69) is 16.0 Å².